The van der Waals surface area contributed by atoms with Gasteiger partial charge >= 0.3 is 12.1 Å². The molecule has 8 nitrogen and oxygen atoms in total. The average Bonchev–Trinajstić information content (AvgIpc) is 2.83. The number of phenols is 1. The van der Waals surface area contributed by atoms with Crippen LogP contribution >= 0.6 is 0 Å². The van der Waals surface area contributed by atoms with Gasteiger partial charge in [0.1, 0.15) is 24.0 Å². The molecule has 9 heteroatoms. The molecule has 0 spiro atoms. The molecule has 0 bridgehead atoms. The van der Waals surface area contributed by atoms with Crippen LogP contribution in [0.25, 0.3) is 0 Å². The molecule has 1 atom stereocenters. The van der Waals surface area contributed by atoms with Crippen LogP contribution in [-0.4, -0.2) is 37.2 Å². The van der Waals surface area contributed by atoms with E-state index in [0.717, 1.165) is 17.2 Å². The second-order valence-electron chi connectivity index (χ2n) is 9.60. The maximum Gasteiger partial charge on any atom is 0.408 e. The zero-order valence-electron chi connectivity index (χ0n) is 21.2. The fourth-order valence-corrected chi connectivity index (χ4v) is 5.02. The molecule has 0 aliphatic heterocycles. The SMILES string of the molecule is Cc1ccc(S(=O)(=O)c2cc(O)ccc2C[C@H](NC(=O)OC(C)(C)C)C(=O)OCc2ccccc2)cc1. The summed E-state index contributed by atoms with van der Waals surface area (Å²) in [6.07, 6.45) is -1.07. The third-order valence-electron chi connectivity index (χ3n) is 5.29. The van der Waals surface area contributed by atoms with Gasteiger partial charge in [-0.2, -0.15) is 0 Å². The van der Waals surface area contributed by atoms with Crippen molar-refractivity contribution in [3.8, 4) is 5.75 Å². The summed E-state index contributed by atoms with van der Waals surface area (Å²) < 4.78 is 37.6. The Morgan fingerprint density at radius 3 is 2.24 bits per heavy atom. The molecule has 0 aliphatic rings. The molecule has 0 saturated heterocycles. The first-order valence-electron chi connectivity index (χ1n) is 11.7. The van der Waals surface area contributed by atoms with Gasteiger partial charge in [-0.3, -0.25) is 0 Å². The summed E-state index contributed by atoms with van der Waals surface area (Å²) >= 11 is 0. The van der Waals surface area contributed by atoms with Crippen molar-refractivity contribution in [2.24, 2.45) is 0 Å². The number of aryl methyl sites for hydroxylation is 1. The van der Waals surface area contributed by atoms with Gasteiger partial charge in [0.25, 0.3) is 0 Å². The largest absolute Gasteiger partial charge is 0.508 e. The smallest absolute Gasteiger partial charge is 0.408 e. The highest BCUT2D eigenvalue weighted by molar-refractivity contribution is 7.91. The molecule has 3 aromatic rings. The van der Waals surface area contributed by atoms with Crippen LogP contribution in [0.1, 0.15) is 37.5 Å². The molecule has 0 unspecified atom stereocenters. The summed E-state index contributed by atoms with van der Waals surface area (Å²) in [4.78, 5) is 25.5. The number of sulfone groups is 1. The molecule has 3 aromatic carbocycles. The summed E-state index contributed by atoms with van der Waals surface area (Å²) in [5.74, 6) is -1.01. The number of amides is 1. The van der Waals surface area contributed by atoms with Crippen molar-refractivity contribution in [1.29, 1.82) is 0 Å². The van der Waals surface area contributed by atoms with Gasteiger partial charge in [0.15, 0.2) is 0 Å². The summed E-state index contributed by atoms with van der Waals surface area (Å²) in [7, 11) is -4.05. The minimum Gasteiger partial charge on any atom is -0.508 e. The Hall–Kier alpha value is -3.85. The molecular formula is C28H31NO7S. The van der Waals surface area contributed by atoms with Crippen LogP contribution in [0.4, 0.5) is 4.79 Å². The maximum absolute atomic E-state index is 13.5. The van der Waals surface area contributed by atoms with Crippen molar-refractivity contribution in [1.82, 2.24) is 5.32 Å². The predicted molar refractivity (Wildman–Crippen MR) is 138 cm³/mol. The van der Waals surface area contributed by atoms with E-state index in [1.807, 2.05) is 13.0 Å². The monoisotopic (exact) mass is 525 g/mol. The summed E-state index contributed by atoms with van der Waals surface area (Å²) in [6.45, 7) is 6.85. The van der Waals surface area contributed by atoms with E-state index >= 15 is 0 Å². The second kappa shape index (κ2) is 11.5. The van der Waals surface area contributed by atoms with E-state index in [4.69, 9.17) is 9.47 Å². The van der Waals surface area contributed by atoms with E-state index in [1.165, 1.54) is 24.3 Å². The van der Waals surface area contributed by atoms with Crippen molar-refractivity contribution >= 4 is 21.9 Å². The number of benzene rings is 3. The number of aromatic hydroxyl groups is 1. The van der Waals surface area contributed by atoms with E-state index in [1.54, 1.807) is 57.2 Å². The topological polar surface area (TPSA) is 119 Å². The highest BCUT2D eigenvalue weighted by Crippen LogP contribution is 2.29. The van der Waals surface area contributed by atoms with Crippen molar-refractivity contribution in [2.75, 3.05) is 0 Å². The maximum atomic E-state index is 13.5. The van der Waals surface area contributed by atoms with Crippen LogP contribution in [0.5, 0.6) is 5.75 Å². The lowest BCUT2D eigenvalue weighted by Crippen LogP contribution is -2.45. The zero-order valence-corrected chi connectivity index (χ0v) is 22.0. The minimum absolute atomic E-state index is 0.0315. The number of alkyl carbamates (subject to hydrolysis) is 1. The van der Waals surface area contributed by atoms with Gasteiger partial charge in [0.2, 0.25) is 9.84 Å². The van der Waals surface area contributed by atoms with Gasteiger partial charge < -0.3 is 19.9 Å². The summed E-state index contributed by atoms with van der Waals surface area (Å²) in [5.41, 5.74) is 1.04. The lowest BCUT2D eigenvalue weighted by Gasteiger charge is -2.23. The van der Waals surface area contributed by atoms with Gasteiger partial charge in [-0.1, -0.05) is 54.1 Å². The van der Waals surface area contributed by atoms with E-state index in [0.29, 0.717) is 0 Å². The molecule has 0 radical (unpaired) electrons. The number of ether oxygens (including phenoxy) is 2. The first-order chi connectivity index (χ1) is 17.3. The minimum atomic E-state index is -4.05. The number of phenolic OH excluding ortho intramolecular Hbond substituents is 1. The van der Waals surface area contributed by atoms with Crippen LogP contribution in [0.3, 0.4) is 0 Å². The molecule has 0 aromatic heterocycles. The third-order valence-corrected chi connectivity index (χ3v) is 7.15. The molecule has 3 rings (SSSR count). The molecule has 0 fully saturated rings. The Morgan fingerprint density at radius 1 is 0.973 bits per heavy atom. The number of carbonyl (C=O) groups excluding carboxylic acids is 2. The summed E-state index contributed by atoms with van der Waals surface area (Å²) in [5, 5.41) is 12.6. The number of nitrogens with one attached hydrogen (secondary N) is 1. The Labute approximate surface area is 217 Å². The van der Waals surface area contributed by atoms with Crippen molar-refractivity contribution in [3.63, 3.8) is 0 Å². The lowest BCUT2D eigenvalue weighted by atomic mass is 10.1. The van der Waals surface area contributed by atoms with Gasteiger partial charge in [-0.15, -0.1) is 0 Å². The normalized spacial score (nSPS) is 12.4. The number of esters is 1. The highest BCUT2D eigenvalue weighted by atomic mass is 32.2. The Bertz CT molecular complexity index is 1350. The fraction of sp³-hybridized carbons (Fsp3) is 0.286. The second-order valence-corrected chi connectivity index (χ2v) is 11.5. The van der Waals surface area contributed by atoms with Gasteiger partial charge in [0.05, 0.1) is 9.79 Å². The first kappa shape index (κ1) is 27.7. The first-order valence-corrected chi connectivity index (χ1v) is 13.2. The fourth-order valence-electron chi connectivity index (χ4n) is 3.50. The van der Waals surface area contributed by atoms with Gasteiger partial charge in [-0.05, 0) is 63.1 Å². The Balaban J connectivity index is 1.93. The molecule has 1 amide bonds. The van der Waals surface area contributed by atoms with Crippen molar-refractivity contribution in [2.45, 2.75) is 62.2 Å². The predicted octanol–water partition coefficient (Wildman–Crippen LogP) is 4.71. The van der Waals surface area contributed by atoms with Crippen LogP contribution in [0, 0.1) is 6.92 Å². The van der Waals surface area contributed by atoms with E-state index in [2.05, 4.69) is 5.32 Å². The third kappa shape index (κ3) is 7.82. The standard InChI is InChI=1S/C28H31NO7S/c1-19-10-14-23(15-11-19)37(33,34)25-17-22(30)13-12-21(25)16-24(29-27(32)36-28(2,3)4)26(31)35-18-20-8-6-5-7-9-20/h5-15,17,24,30H,16,18H2,1-4H3,(H,29,32)/t24-/m0/s1. The van der Waals surface area contributed by atoms with Crippen LogP contribution in [0.2, 0.25) is 0 Å². The van der Waals surface area contributed by atoms with E-state index < -0.39 is 33.5 Å². The van der Waals surface area contributed by atoms with E-state index in [-0.39, 0.29) is 34.1 Å². The molecule has 0 aliphatic carbocycles. The number of carbonyl (C=O) groups is 2. The molecule has 196 valence electrons. The molecule has 2 N–H and O–H groups in total. The number of hydrogen-bond acceptors (Lipinski definition) is 7. The van der Waals surface area contributed by atoms with Crippen LogP contribution in [0.15, 0.2) is 82.6 Å². The zero-order chi connectivity index (χ0) is 27.2. The number of rotatable bonds is 8. The Kier molecular flexibility index (Phi) is 8.60. The Morgan fingerprint density at radius 2 is 1.62 bits per heavy atom. The lowest BCUT2D eigenvalue weighted by molar-refractivity contribution is -0.147. The van der Waals surface area contributed by atoms with Crippen LogP contribution < -0.4 is 5.32 Å². The van der Waals surface area contributed by atoms with Gasteiger partial charge in [0, 0.05) is 6.42 Å². The molecule has 37 heavy (non-hydrogen) atoms. The highest BCUT2D eigenvalue weighted by Gasteiger charge is 2.29. The quantitative estimate of drug-likeness (QED) is 0.409. The number of hydrogen-bond donors (Lipinski definition) is 2. The summed E-state index contributed by atoms with van der Waals surface area (Å²) in [6, 6.07) is 17.9. The van der Waals surface area contributed by atoms with Crippen molar-refractivity contribution < 1.29 is 32.6 Å². The van der Waals surface area contributed by atoms with Crippen molar-refractivity contribution in [3.05, 3.63) is 89.5 Å². The van der Waals surface area contributed by atoms with Crippen LogP contribution in [-0.2, 0) is 37.1 Å². The molecular weight excluding hydrogens is 494 g/mol. The molecule has 0 saturated carbocycles. The van der Waals surface area contributed by atoms with Gasteiger partial charge in [-0.25, -0.2) is 18.0 Å². The van der Waals surface area contributed by atoms with E-state index in [9.17, 15) is 23.1 Å². The average molecular weight is 526 g/mol. The molecule has 0 heterocycles.